The highest BCUT2D eigenvalue weighted by Gasteiger charge is 2.47. The number of fused-ring (bicyclic) bond motifs is 2. The van der Waals surface area contributed by atoms with Gasteiger partial charge in [-0.25, -0.2) is 8.42 Å². The van der Waals surface area contributed by atoms with Gasteiger partial charge in [-0.3, -0.25) is 19.3 Å². The Morgan fingerprint density at radius 3 is 2.00 bits per heavy atom. The van der Waals surface area contributed by atoms with E-state index >= 15 is 0 Å². The Bertz CT molecular complexity index is 940. The van der Waals surface area contributed by atoms with Gasteiger partial charge in [-0.1, -0.05) is 12.1 Å². The number of carbonyl (C=O) groups is 3. The molecule has 3 heterocycles. The van der Waals surface area contributed by atoms with Gasteiger partial charge in [-0.15, -0.1) is 0 Å². The predicted molar refractivity (Wildman–Crippen MR) is 110 cm³/mol. The maximum absolute atomic E-state index is 13.0. The van der Waals surface area contributed by atoms with Crippen molar-refractivity contribution in [3.05, 3.63) is 29.8 Å². The molecule has 0 N–H and O–H groups in total. The van der Waals surface area contributed by atoms with Gasteiger partial charge in [0.05, 0.1) is 16.6 Å². The molecule has 1 aromatic rings. The van der Waals surface area contributed by atoms with E-state index < -0.39 is 15.1 Å². The van der Waals surface area contributed by atoms with Crippen molar-refractivity contribution in [3.8, 4) is 0 Å². The minimum Gasteiger partial charge on any atom is -0.336 e. The lowest BCUT2D eigenvalue weighted by Gasteiger charge is -2.41. The maximum Gasteiger partial charge on any atom is 0.229 e. The van der Waals surface area contributed by atoms with Crippen LogP contribution in [-0.4, -0.2) is 59.3 Å². The zero-order valence-corrected chi connectivity index (χ0v) is 18.2. The fraction of sp³-hybridized carbons (Fsp3) is 0.591. The van der Waals surface area contributed by atoms with Crippen LogP contribution in [0, 0.1) is 0 Å². The Morgan fingerprint density at radius 1 is 0.967 bits per heavy atom. The fourth-order valence-corrected chi connectivity index (χ4v) is 6.16. The van der Waals surface area contributed by atoms with E-state index in [2.05, 4.69) is 0 Å². The Hall–Kier alpha value is -2.22. The first-order valence-electron chi connectivity index (χ1n) is 10.7. The second kappa shape index (κ2) is 7.80. The molecule has 4 rings (SSSR count). The highest BCUT2D eigenvalue weighted by atomic mass is 32.2. The van der Waals surface area contributed by atoms with Gasteiger partial charge >= 0.3 is 0 Å². The summed E-state index contributed by atoms with van der Waals surface area (Å²) in [5.41, 5.74) is 0.786. The van der Waals surface area contributed by atoms with Crippen molar-refractivity contribution in [2.24, 2.45) is 0 Å². The lowest BCUT2D eigenvalue weighted by atomic mass is 9.95. The molecule has 1 aromatic carbocycles. The summed E-state index contributed by atoms with van der Waals surface area (Å²) < 4.78 is 24.5. The zero-order valence-electron chi connectivity index (χ0n) is 17.4. The molecule has 2 atom stereocenters. The number of imide groups is 1. The molecule has 8 heteroatoms. The van der Waals surface area contributed by atoms with Crippen LogP contribution in [0.3, 0.4) is 0 Å². The van der Waals surface area contributed by atoms with Crippen LogP contribution in [0.1, 0.15) is 57.9 Å². The molecule has 3 fully saturated rings. The monoisotopic (exact) mass is 432 g/mol. The number of likely N-dealkylation sites (tertiary alicyclic amines) is 1. The topological polar surface area (TPSA) is 91.8 Å². The van der Waals surface area contributed by atoms with Crippen LogP contribution < -0.4 is 0 Å². The first kappa shape index (κ1) is 21.0. The number of nitrogens with zero attached hydrogens (tertiary/aromatic N) is 2. The van der Waals surface area contributed by atoms with Gasteiger partial charge in [0.1, 0.15) is 0 Å². The molecule has 3 saturated heterocycles. The second-order valence-electron chi connectivity index (χ2n) is 8.88. The quantitative estimate of drug-likeness (QED) is 0.665. The molecule has 0 aromatic heterocycles. The number of piperidine rings is 1. The molecule has 7 nitrogen and oxygen atoms in total. The Morgan fingerprint density at radius 2 is 1.50 bits per heavy atom. The van der Waals surface area contributed by atoms with Crippen LogP contribution in [0.4, 0.5) is 0 Å². The number of hydrogen-bond donors (Lipinski definition) is 0. The Kier molecular flexibility index (Phi) is 5.46. The normalized spacial score (nSPS) is 26.7. The van der Waals surface area contributed by atoms with Crippen molar-refractivity contribution < 1.29 is 22.8 Å². The molecular weight excluding hydrogens is 404 g/mol. The first-order valence-corrected chi connectivity index (χ1v) is 12.2. The maximum atomic E-state index is 13.0. The SMILES string of the molecule is CC(C)S(=O)(=O)c1ccc(CC(=O)N2C3CCC2CC(N2C(=O)CCC2=O)C3)cc1. The number of benzene rings is 1. The Balaban J connectivity index is 1.43. The summed E-state index contributed by atoms with van der Waals surface area (Å²) >= 11 is 0. The van der Waals surface area contributed by atoms with Crippen LogP contribution in [0.2, 0.25) is 0 Å². The van der Waals surface area contributed by atoms with E-state index in [1.807, 2.05) is 4.90 Å². The average Bonchev–Trinajstić information content (AvgIpc) is 3.17. The van der Waals surface area contributed by atoms with Crippen LogP contribution in [0.15, 0.2) is 29.2 Å². The summed E-state index contributed by atoms with van der Waals surface area (Å²) in [6, 6.07) is 6.60. The molecular formula is C22H28N2O5S. The highest BCUT2D eigenvalue weighted by molar-refractivity contribution is 7.92. The summed E-state index contributed by atoms with van der Waals surface area (Å²) in [6.45, 7) is 3.30. The van der Waals surface area contributed by atoms with E-state index in [4.69, 9.17) is 0 Å². The summed E-state index contributed by atoms with van der Waals surface area (Å²) in [5, 5.41) is -0.490. The van der Waals surface area contributed by atoms with Gasteiger partial charge in [-0.05, 0) is 57.2 Å². The van der Waals surface area contributed by atoms with Crippen molar-refractivity contribution >= 4 is 27.6 Å². The molecule has 0 saturated carbocycles. The standard InChI is InChI=1S/C22H28N2O5S/c1-14(2)30(28,29)19-7-3-15(4-8-19)11-22(27)23-16-5-6-17(23)13-18(12-16)24-20(25)9-10-21(24)26/h3-4,7-8,14,16-18H,5-6,9-13H2,1-2H3. The summed E-state index contributed by atoms with van der Waals surface area (Å²) in [7, 11) is -3.33. The number of sulfone groups is 1. The third-order valence-electron chi connectivity index (χ3n) is 6.68. The van der Waals surface area contributed by atoms with Crippen LogP contribution in [-0.2, 0) is 30.6 Å². The van der Waals surface area contributed by atoms with Crippen LogP contribution in [0.25, 0.3) is 0 Å². The number of carbonyl (C=O) groups excluding carboxylic acids is 3. The largest absolute Gasteiger partial charge is 0.336 e. The van der Waals surface area contributed by atoms with Gasteiger partial charge in [0.15, 0.2) is 9.84 Å². The third-order valence-corrected chi connectivity index (χ3v) is 8.85. The van der Waals surface area contributed by atoms with Crippen molar-refractivity contribution in [1.29, 1.82) is 0 Å². The molecule has 2 unspecified atom stereocenters. The zero-order chi connectivity index (χ0) is 21.6. The number of hydrogen-bond acceptors (Lipinski definition) is 5. The van der Waals surface area contributed by atoms with Gasteiger partial charge < -0.3 is 4.90 Å². The first-order chi connectivity index (χ1) is 14.2. The van der Waals surface area contributed by atoms with E-state index in [1.54, 1.807) is 38.1 Å². The molecule has 0 spiro atoms. The summed E-state index contributed by atoms with van der Waals surface area (Å²) in [6.07, 6.45) is 3.94. The van der Waals surface area contributed by atoms with Gasteiger partial charge in [-0.2, -0.15) is 0 Å². The van der Waals surface area contributed by atoms with Gasteiger partial charge in [0, 0.05) is 31.0 Å². The molecule has 162 valence electrons. The summed E-state index contributed by atoms with van der Waals surface area (Å²) in [5.74, 6) is -0.138. The lowest BCUT2D eigenvalue weighted by Crippen LogP contribution is -2.54. The third kappa shape index (κ3) is 3.66. The minimum absolute atomic E-state index is 0.0273. The molecule has 3 aliphatic heterocycles. The fourth-order valence-electron chi connectivity index (χ4n) is 5.10. The van der Waals surface area contributed by atoms with Crippen molar-refractivity contribution in [1.82, 2.24) is 9.80 Å². The van der Waals surface area contributed by atoms with Crippen molar-refractivity contribution in [2.75, 3.05) is 0 Å². The minimum atomic E-state index is -3.33. The number of amides is 3. The van der Waals surface area contributed by atoms with E-state index in [9.17, 15) is 22.8 Å². The second-order valence-corrected chi connectivity index (χ2v) is 11.4. The highest BCUT2D eigenvalue weighted by Crippen LogP contribution is 2.39. The Labute approximate surface area is 177 Å². The van der Waals surface area contributed by atoms with E-state index in [-0.39, 0.29) is 47.2 Å². The predicted octanol–water partition coefficient (Wildman–Crippen LogP) is 2.08. The van der Waals surface area contributed by atoms with Crippen molar-refractivity contribution in [2.45, 2.75) is 87.1 Å². The summed E-state index contributed by atoms with van der Waals surface area (Å²) in [4.78, 5) is 40.9. The molecule has 30 heavy (non-hydrogen) atoms. The van der Waals surface area contributed by atoms with E-state index in [1.165, 1.54) is 4.90 Å². The van der Waals surface area contributed by atoms with E-state index in [0.717, 1.165) is 18.4 Å². The molecule has 2 bridgehead atoms. The molecule has 0 aliphatic carbocycles. The van der Waals surface area contributed by atoms with Crippen LogP contribution >= 0.6 is 0 Å². The molecule has 3 amide bonds. The molecule has 3 aliphatic rings. The van der Waals surface area contributed by atoms with E-state index in [0.29, 0.717) is 25.7 Å². The number of rotatable bonds is 5. The van der Waals surface area contributed by atoms with Gasteiger partial charge in [0.2, 0.25) is 17.7 Å². The van der Waals surface area contributed by atoms with Crippen LogP contribution in [0.5, 0.6) is 0 Å². The average molecular weight is 433 g/mol. The van der Waals surface area contributed by atoms with Crippen molar-refractivity contribution in [3.63, 3.8) is 0 Å². The molecule has 0 radical (unpaired) electrons. The smallest absolute Gasteiger partial charge is 0.229 e. The van der Waals surface area contributed by atoms with Gasteiger partial charge in [0.25, 0.3) is 0 Å². The lowest BCUT2D eigenvalue weighted by molar-refractivity contribution is -0.144.